The van der Waals surface area contributed by atoms with E-state index in [9.17, 15) is 0 Å². The molecule has 0 spiro atoms. The smallest absolute Gasteiger partial charge is 0.173 e. The van der Waals surface area contributed by atoms with Crippen LogP contribution in [0.3, 0.4) is 0 Å². The summed E-state index contributed by atoms with van der Waals surface area (Å²) >= 11 is 5.64. The average molecular weight is 376 g/mol. The lowest BCUT2D eigenvalue weighted by atomic mass is 9.92. The third kappa shape index (κ3) is 5.10. The van der Waals surface area contributed by atoms with Crippen molar-refractivity contribution < 1.29 is 4.74 Å². The van der Waals surface area contributed by atoms with E-state index >= 15 is 0 Å². The Morgan fingerprint density at radius 3 is 2.31 bits per heavy atom. The maximum absolute atomic E-state index is 5.64. The van der Waals surface area contributed by atoms with Gasteiger partial charge in [0, 0.05) is 30.9 Å². The van der Waals surface area contributed by atoms with Crippen LogP contribution in [0.15, 0.2) is 24.3 Å². The van der Waals surface area contributed by atoms with Gasteiger partial charge in [0.05, 0.1) is 6.61 Å². The van der Waals surface area contributed by atoms with Crippen molar-refractivity contribution in [3.05, 3.63) is 24.3 Å². The van der Waals surface area contributed by atoms with Gasteiger partial charge < -0.3 is 19.9 Å². The fourth-order valence-electron chi connectivity index (χ4n) is 4.27. The molecular formula is C21H33N3OS. The number of hydrogen-bond acceptors (Lipinski definition) is 3. The van der Waals surface area contributed by atoms with E-state index in [2.05, 4.69) is 22.2 Å². The topological polar surface area (TPSA) is 27.7 Å². The zero-order chi connectivity index (χ0) is 18.4. The summed E-state index contributed by atoms with van der Waals surface area (Å²) in [6, 6.07) is 9.54. The lowest BCUT2D eigenvalue weighted by Gasteiger charge is -2.42. The number of ether oxygens (including phenoxy) is 1. The monoisotopic (exact) mass is 375 g/mol. The summed E-state index contributed by atoms with van der Waals surface area (Å²) in [4.78, 5) is 4.98. The summed E-state index contributed by atoms with van der Waals surface area (Å²) in [5, 5.41) is 4.22. The zero-order valence-electron chi connectivity index (χ0n) is 16.2. The quantitative estimate of drug-likeness (QED) is 0.764. The molecule has 4 nitrogen and oxygen atoms in total. The van der Waals surface area contributed by atoms with Crippen LogP contribution in [0.2, 0.25) is 0 Å². The zero-order valence-corrected chi connectivity index (χ0v) is 17.1. The molecule has 1 heterocycles. The molecule has 0 aromatic heterocycles. The van der Waals surface area contributed by atoms with Gasteiger partial charge in [-0.05, 0) is 76.1 Å². The fraction of sp³-hybridized carbons (Fsp3) is 0.667. The highest BCUT2D eigenvalue weighted by molar-refractivity contribution is 7.80. The Kier molecular flexibility index (Phi) is 7.15. The Balaban J connectivity index is 1.45. The van der Waals surface area contributed by atoms with Crippen LogP contribution >= 0.6 is 12.2 Å². The molecule has 3 rings (SSSR count). The summed E-state index contributed by atoms with van der Waals surface area (Å²) in [5.41, 5.74) is 1.03. The van der Waals surface area contributed by atoms with Crippen LogP contribution in [0.1, 0.15) is 51.9 Å². The number of nitrogens with one attached hydrogen (secondary N) is 1. The molecule has 1 N–H and O–H groups in total. The Morgan fingerprint density at radius 2 is 1.69 bits per heavy atom. The fourth-order valence-corrected chi connectivity index (χ4v) is 4.57. The Morgan fingerprint density at radius 1 is 1.08 bits per heavy atom. The van der Waals surface area contributed by atoms with Crippen LogP contribution in [0.5, 0.6) is 5.75 Å². The molecule has 1 saturated carbocycles. The van der Waals surface area contributed by atoms with Gasteiger partial charge in [-0.25, -0.2) is 0 Å². The van der Waals surface area contributed by atoms with Crippen molar-refractivity contribution in [3.63, 3.8) is 0 Å². The molecule has 1 aromatic rings. The number of likely N-dealkylation sites (tertiary alicyclic amines) is 1. The van der Waals surface area contributed by atoms with E-state index in [-0.39, 0.29) is 0 Å². The lowest BCUT2D eigenvalue weighted by molar-refractivity contribution is 0.0985. The van der Waals surface area contributed by atoms with Gasteiger partial charge in [-0.1, -0.05) is 19.3 Å². The Labute approximate surface area is 163 Å². The van der Waals surface area contributed by atoms with Crippen molar-refractivity contribution in [1.82, 2.24) is 9.80 Å². The summed E-state index contributed by atoms with van der Waals surface area (Å²) < 4.78 is 5.49. The minimum atomic E-state index is 0.690. The van der Waals surface area contributed by atoms with E-state index in [4.69, 9.17) is 17.0 Å². The first kappa shape index (κ1) is 19.4. The molecule has 0 bridgehead atoms. The van der Waals surface area contributed by atoms with Crippen molar-refractivity contribution in [2.75, 3.05) is 32.1 Å². The van der Waals surface area contributed by atoms with Gasteiger partial charge in [0.15, 0.2) is 5.11 Å². The molecule has 144 valence electrons. The van der Waals surface area contributed by atoms with Gasteiger partial charge in [-0.3, -0.25) is 0 Å². The Hall–Kier alpha value is -1.33. The molecule has 1 aromatic carbocycles. The second kappa shape index (κ2) is 9.56. The van der Waals surface area contributed by atoms with Crippen LogP contribution in [0.4, 0.5) is 5.69 Å². The minimum Gasteiger partial charge on any atom is -0.494 e. The number of nitrogens with zero attached hydrogens (tertiary/aromatic N) is 2. The molecule has 1 saturated heterocycles. The van der Waals surface area contributed by atoms with E-state index in [1.807, 2.05) is 31.2 Å². The predicted octanol–water partition coefficient (Wildman–Crippen LogP) is 4.51. The molecule has 0 atom stereocenters. The van der Waals surface area contributed by atoms with Crippen molar-refractivity contribution in [2.45, 2.75) is 64.0 Å². The van der Waals surface area contributed by atoms with Gasteiger partial charge >= 0.3 is 0 Å². The average Bonchev–Trinajstić information content (AvgIpc) is 2.70. The molecule has 0 amide bonds. The maximum atomic E-state index is 5.64. The molecule has 0 radical (unpaired) electrons. The van der Waals surface area contributed by atoms with Crippen LogP contribution in [0, 0.1) is 0 Å². The van der Waals surface area contributed by atoms with E-state index in [0.717, 1.165) is 35.7 Å². The SMILES string of the molecule is CCOc1ccc(NC(=S)N2CCC(N(C)C3CCCCC3)CC2)cc1. The van der Waals surface area contributed by atoms with E-state index < -0.39 is 0 Å². The van der Waals surface area contributed by atoms with Crippen LogP contribution < -0.4 is 10.1 Å². The normalized spacial score (nSPS) is 19.6. The van der Waals surface area contributed by atoms with Gasteiger partial charge in [0.2, 0.25) is 0 Å². The van der Waals surface area contributed by atoms with Gasteiger partial charge in [-0.2, -0.15) is 0 Å². The summed E-state index contributed by atoms with van der Waals surface area (Å²) in [6.07, 6.45) is 9.42. The minimum absolute atomic E-state index is 0.690. The third-order valence-corrected chi connectivity index (χ3v) is 6.26. The van der Waals surface area contributed by atoms with Crippen molar-refractivity contribution in [3.8, 4) is 5.75 Å². The second-order valence-corrected chi connectivity index (χ2v) is 7.95. The molecule has 2 fully saturated rings. The number of rotatable bonds is 5. The molecular weight excluding hydrogens is 342 g/mol. The standard InChI is InChI=1S/C21H33N3OS/c1-3-25-20-11-9-17(10-12-20)22-21(26)24-15-13-19(14-16-24)23(2)18-7-5-4-6-8-18/h9-12,18-19H,3-8,13-16H2,1-2H3,(H,22,26). The highest BCUT2D eigenvalue weighted by atomic mass is 32.1. The van der Waals surface area contributed by atoms with E-state index in [1.54, 1.807) is 0 Å². The third-order valence-electron chi connectivity index (χ3n) is 5.89. The molecule has 5 heteroatoms. The van der Waals surface area contributed by atoms with Gasteiger partial charge in [-0.15, -0.1) is 0 Å². The predicted molar refractivity (Wildman–Crippen MR) is 113 cm³/mol. The lowest BCUT2D eigenvalue weighted by Crippen LogP contribution is -2.49. The van der Waals surface area contributed by atoms with Crippen LogP contribution in [-0.2, 0) is 0 Å². The Bertz CT molecular complexity index is 563. The van der Waals surface area contributed by atoms with Crippen molar-refractivity contribution in [1.29, 1.82) is 0 Å². The molecule has 1 aliphatic carbocycles. The van der Waals surface area contributed by atoms with Gasteiger partial charge in [0.25, 0.3) is 0 Å². The first-order chi connectivity index (χ1) is 12.7. The highest BCUT2D eigenvalue weighted by Gasteiger charge is 2.28. The van der Waals surface area contributed by atoms with E-state index in [0.29, 0.717) is 12.6 Å². The van der Waals surface area contributed by atoms with Crippen LogP contribution in [-0.4, -0.2) is 53.7 Å². The maximum Gasteiger partial charge on any atom is 0.173 e. The summed E-state index contributed by atoms with van der Waals surface area (Å²) in [6.45, 7) is 4.78. The van der Waals surface area contributed by atoms with Gasteiger partial charge in [0.1, 0.15) is 5.75 Å². The molecule has 26 heavy (non-hydrogen) atoms. The molecule has 2 aliphatic rings. The highest BCUT2D eigenvalue weighted by Crippen LogP contribution is 2.26. The number of hydrogen-bond donors (Lipinski definition) is 1. The molecule has 0 unspecified atom stereocenters. The first-order valence-corrected chi connectivity index (χ1v) is 10.6. The van der Waals surface area contributed by atoms with Crippen molar-refractivity contribution in [2.24, 2.45) is 0 Å². The molecule has 1 aliphatic heterocycles. The first-order valence-electron chi connectivity index (χ1n) is 10.2. The summed E-state index contributed by atoms with van der Waals surface area (Å²) in [7, 11) is 2.34. The van der Waals surface area contributed by atoms with Crippen molar-refractivity contribution >= 4 is 23.0 Å². The summed E-state index contributed by atoms with van der Waals surface area (Å²) in [5.74, 6) is 0.899. The second-order valence-electron chi connectivity index (χ2n) is 7.56. The van der Waals surface area contributed by atoms with E-state index in [1.165, 1.54) is 44.9 Å². The number of thiocarbonyl (C=S) groups is 1. The van der Waals surface area contributed by atoms with Crippen LogP contribution in [0.25, 0.3) is 0 Å². The number of benzene rings is 1. The number of piperidine rings is 1. The number of anilines is 1. The largest absolute Gasteiger partial charge is 0.494 e.